The van der Waals surface area contributed by atoms with Crippen molar-refractivity contribution in [2.45, 2.75) is 0 Å². The summed E-state index contributed by atoms with van der Waals surface area (Å²) in [6, 6.07) is 13.0. The Hall–Kier alpha value is -2.60. The van der Waals surface area contributed by atoms with Crippen LogP contribution in [0.3, 0.4) is 0 Å². The van der Waals surface area contributed by atoms with Gasteiger partial charge in [0.1, 0.15) is 5.01 Å². The SMILES string of the molecule is O=C(Nc1nnc(-c2ccccc2)s1)c1ccncc1. The van der Waals surface area contributed by atoms with E-state index in [0.717, 1.165) is 10.6 Å². The molecule has 0 saturated carbocycles. The van der Waals surface area contributed by atoms with Gasteiger partial charge in [-0.2, -0.15) is 0 Å². The van der Waals surface area contributed by atoms with Crippen LogP contribution in [0.4, 0.5) is 5.13 Å². The van der Waals surface area contributed by atoms with Gasteiger partial charge in [0.05, 0.1) is 0 Å². The molecule has 0 atom stereocenters. The molecule has 0 aliphatic rings. The summed E-state index contributed by atoms with van der Waals surface area (Å²) in [4.78, 5) is 15.8. The van der Waals surface area contributed by atoms with E-state index in [0.29, 0.717) is 10.7 Å². The number of amides is 1. The molecule has 2 heterocycles. The van der Waals surface area contributed by atoms with Crippen LogP contribution in [0, 0.1) is 0 Å². The molecule has 1 aromatic carbocycles. The molecule has 1 amide bonds. The highest BCUT2D eigenvalue weighted by molar-refractivity contribution is 7.18. The molecule has 20 heavy (non-hydrogen) atoms. The lowest BCUT2D eigenvalue weighted by Gasteiger charge is -1.99. The highest BCUT2D eigenvalue weighted by atomic mass is 32.1. The van der Waals surface area contributed by atoms with Crippen molar-refractivity contribution in [3.05, 3.63) is 60.4 Å². The summed E-state index contributed by atoms with van der Waals surface area (Å²) in [5.74, 6) is -0.219. The van der Waals surface area contributed by atoms with E-state index in [-0.39, 0.29) is 5.91 Å². The molecular formula is C14H10N4OS. The minimum atomic E-state index is -0.219. The lowest BCUT2D eigenvalue weighted by Crippen LogP contribution is -2.11. The molecule has 5 nitrogen and oxygen atoms in total. The Balaban J connectivity index is 1.77. The minimum Gasteiger partial charge on any atom is -0.296 e. The lowest BCUT2D eigenvalue weighted by molar-refractivity contribution is 0.102. The maximum absolute atomic E-state index is 12.0. The molecule has 98 valence electrons. The number of aromatic nitrogens is 3. The lowest BCUT2D eigenvalue weighted by atomic mass is 10.2. The van der Waals surface area contributed by atoms with Gasteiger partial charge in [0, 0.05) is 23.5 Å². The van der Waals surface area contributed by atoms with Gasteiger partial charge in [-0.3, -0.25) is 15.1 Å². The average Bonchev–Trinajstić information content (AvgIpc) is 2.97. The first kappa shape index (κ1) is 12.4. The van der Waals surface area contributed by atoms with Crippen LogP contribution in [0.15, 0.2) is 54.9 Å². The molecule has 3 aromatic rings. The molecule has 6 heteroatoms. The van der Waals surface area contributed by atoms with Gasteiger partial charge in [-0.1, -0.05) is 41.7 Å². The van der Waals surface area contributed by atoms with Gasteiger partial charge in [-0.05, 0) is 12.1 Å². The Morgan fingerprint density at radius 1 is 1.00 bits per heavy atom. The largest absolute Gasteiger partial charge is 0.296 e. The van der Waals surface area contributed by atoms with Crippen LogP contribution in [0.25, 0.3) is 10.6 Å². The summed E-state index contributed by atoms with van der Waals surface area (Å²) in [6.45, 7) is 0. The number of hydrogen-bond donors (Lipinski definition) is 1. The fraction of sp³-hybridized carbons (Fsp3) is 0. The van der Waals surface area contributed by atoms with Crippen molar-refractivity contribution in [2.75, 3.05) is 5.32 Å². The molecule has 1 N–H and O–H groups in total. The van der Waals surface area contributed by atoms with Crippen molar-refractivity contribution in [2.24, 2.45) is 0 Å². The maximum Gasteiger partial charge on any atom is 0.257 e. The number of hydrogen-bond acceptors (Lipinski definition) is 5. The molecule has 0 aliphatic carbocycles. The third-order valence-corrected chi connectivity index (χ3v) is 3.50. The number of carbonyl (C=O) groups is 1. The van der Waals surface area contributed by atoms with E-state index in [9.17, 15) is 4.79 Å². The second kappa shape index (κ2) is 5.58. The second-order valence-corrected chi connectivity index (χ2v) is 4.95. The quantitative estimate of drug-likeness (QED) is 0.802. The van der Waals surface area contributed by atoms with Crippen molar-refractivity contribution >= 4 is 22.4 Å². The average molecular weight is 282 g/mol. The van der Waals surface area contributed by atoms with E-state index in [1.807, 2.05) is 30.3 Å². The predicted molar refractivity (Wildman–Crippen MR) is 77.5 cm³/mol. The Labute approximate surface area is 119 Å². The van der Waals surface area contributed by atoms with Gasteiger partial charge in [0.2, 0.25) is 5.13 Å². The molecule has 0 spiro atoms. The summed E-state index contributed by atoms with van der Waals surface area (Å²) in [7, 11) is 0. The van der Waals surface area contributed by atoms with E-state index >= 15 is 0 Å². The van der Waals surface area contributed by atoms with Crippen LogP contribution in [0.2, 0.25) is 0 Å². The van der Waals surface area contributed by atoms with Gasteiger partial charge < -0.3 is 0 Å². The van der Waals surface area contributed by atoms with Crippen LogP contribution in [-0.2, 0) is 0 Å². The molecule has 0 aliphatic heterocycles. The van der Waals surface area contributed by atoms with E-state index in [1.54, 1.807) is 24.5 Å². The van der Waals surface area contributed by atoms with Gasteiger partial charge in [-0.15, -0.1) is 10.2 Å². The Kier molecular flexibility index (Phi) is 3.47. The van der Waals surface area contributed by atoms with Crippen LogP contribution in [0.5, 0.6) is 0 Å². The standard InChI is InChI=1S/C14H10N4OS/c19-12(10-6-8-15-9-7-10)16-14-18-17-13(20-14)11-4-2-1-3-5-11/h1-9H,(H,16,18,19). The summed E-state index contributed by atoms with van der Waals surface area (Å²) >= 11 is 1.34. The summed E-state index contributed by atoms with van der Waals surface area (Å²) < 4.78 is 0. The van der Waals surface area contributed by atoms with E-state index in [1.165, 1.54) is 11.3 Å². The van der Waals surface area contributed by atoms with Gasteiger partial charge in [0.25, 0.3) is 5.91 Å². The summed E-state index contributed by atoms with van der Waals surface area (Å²) in [5.41, 5.74) is 1.52. The molecular weight excluding hydrogens is 272 g/mol. The monoisotopic (exact) mass is 282 g/mol. The Bertz CT molecular complexity index is 712. The topological polar surface area (TPSA) is 67.8 Å². The first-order valence-electron chi connectivity index (χ1n) is 5.93. The van der Waals surface area contributed by atoms with Crippen LogP contribution in [-0.4, -0.2) is 21.1 Å². The molecule has 0 saturated heterocycles. The van der Waals surface area contributed by atoms with Crippen LogP contribution >= 0.6 is 11.3 Å². The highest BCUT2D eigenvalue weighted by Gasteiger charge is 2.10. The number of pyridine rings is 1. The zero-order chi connectivity index (χ0) is 13.8. The number of anilines is 1. The minimum absolute atomic E-state index is 0.219. The predicted octanol–water partition coefficient (Wildman–Crippen LogP) is 2.85. The van der Waals surface area contributed by atoms with Crippen molar-refractivity contribution < 1.29 is 4.79 Å². The summed E-state index contributed by atoms with van der Waals surface area (Å²) in [6.07, 6.45) is 3.15. The molecule has 3 rings (SSSR count). The normalized spacial score (nSPS) is 10.2. The first-order valence-corrected chi connectivity index (χ1v) is 6.75. The van der Waals surface area contributed by atoms with Crippen LogP contribution in [0.1, 0.15) is 10.4 Å². The third kappa shape index (κ3) is 2.70. The fourth-order valence-electron chi connectivity index (χ4n) is 1.64. The van der Waals surface area contributed by atoms with E-state index in [4.69, 9.17) is 0 Å². The molecule has 0 radical (unpaired) electrons. The van der Waals surface area contributed by atoms with E-state index < -0.39 is 0 Å². The number of rotatable bonds is 3. The van der Waals surface area contributed by atoms with E-state index in [2.05, 4.69) is 20.5 Å². The smallest absolute Gasteiger partial charge is 0.257 e. The molecule has 0 unspecified atom stereocenters. The molecule has 0 fully saturated rings. The molecule has 0 bridgehead atoms. The number of nitrogens with one attached hydrogen (secondary N) is 1. The number of benzene rings is 1. The van der Waals surface area contributed by atoms with Crippen molar-refractivity contribution in [3.63, 3.8) is 0 Å². The maximum atomic E-state index is 12.0. The highest BCUT2D eigenvalue weighted by Crippen LogP contribution is 2.26. The zero-order valence-electron chi connectivity index (χ0n) is 10.4. The van der Waals surface area contributed by atoms with Crippen molar-refractivity contribution in [3.8, 4) is 10.6 Å². The number of nitrogens with zero attached hydrogens (tertiary/aromatic N) is 3. The second-order valence-electron chi connectivity index (χ2n) is 3.97. The Morgan fingerprint density at radius 3 is 2.50 bits per heavy atom. The van der Waals surface area contributed by atoms with Gasteiger partial charge >= 0.3 is 0 Å². The van der Waals surface area contributed by atoms with Gasteiger partial charge in [0.15, 0.2) is 0 Å². The third-order valence-electron chi connectivity index (χ3n) is 2.61. The van der Waals surface area contributed by atoms with Gasteiger partial charge in [-0.25, -0.2) is 0 Å². The first-order chi connectivity index (χ1) is 9.83. The zero-order valence-corrected chi connectivity index (χ0v) is 11.2. The summed E-state index contributed by atoms with van der Waals surface area (Å²) in [5, 5.41) is 12.0. The Morgan fingerprint density at radius 2 is 1.75 bits per heavy atom. The number of carbonyl (C=O) groups excluding carboxylic acids is 1. The fourth-order valence-corrected chi connectivity index (χ4v) is 2.39. The van der Waals surface area contributed by atoms with Crippen molar-refractivity contribution in [1.82, 2.24) is 15.2 Å². The molecule has 2 aromatic heterocycles. The van der Waals surface area contributed by atoms with Crippen LogP contribution < -0.4 is 5.32 Å². The van der Waals surface area contributed by atoms with Crippen molar-refractivity contribution in [1.29, 1.82) is 0 Å².